The number of amides is 4. The molecule has 37 heavy (non-hydrogen) atoms. The van der Waals surface area contributed by atoms with Crippen molar-refractivity contribution in [3.63, 3.8) is 0 Å². The summed E-state index contributed by atoms with van der Waals surface area (Å²) in [5.74, 6) is -4.36. The number of carbonyl (C=O) groups excluding carboxylic acids is 5. The zero-order valence-corrected chi connectivity index (χ0v) is 20.8. The van der Waals surface area contributed by atoms with Crippen molar-refractivity contribution >= 4 is 40.8 Å². The number of likely N-dealkylation sites (tertiary alicyclic amines) is 1. The van der Waals surface area contributed by atoms with Gasteiger partial charge in [-0.05, 0) is 44.0 Å². The van der Waals surface area contributed by atoms with Gasteiger partial charge in [0.05, 0.1) is 16.7 Å². The van der Waals surface area contributed by atoms with Crippen LogP contribution in [0.2, 0.25) is 0 Å². The second-order valence-corrected chi connectivity index (χ2v) is 8.98. The zero-order chi connectivity index (χ0) is 27.5. The molecule has 1 saturated heterocycles. The van der Waals surface area contributed by atoms with E-state index in [0.29, 0.717) is 28.2 Å². The normalized spacial score (nSPS) is 18.3. The van der Waals surface area contributed by atoms with E-state index < -0.39 is 45.9 Å². The third-order valence-corrected chi connectivity index (χ3v) is 6.32. The van der Waals surface area contributed by atoms with Crippen molar-refractivity contribution in [3.05, 3.63) is 69.8 Å². The summed E-state index contributed by atoms with van der Waals surface area (Å²) >= 11 is 0. The fourth-order valence-corrected chi connectivity index (χ4v) is 4.32. The first-order valence-corrected chi connectivity index (χ1v) is 11.8. The Kier molecular flexibility index (Phi) is 7.97. The number of nitro benzene ring substituents is 1. The number of carbonyl (C=O) groups is 5. The van der Waals surface area contributed by atoms with Gasteiger partial charge in [0.2, 0.25) is 11.8 Å². The molecule has 2 aromatic carbocycles. The maximum absolute atomic E-state index is 14.2. The lowest BCUT2D eigenvalue weighted by atomic mass is 9.84. The minimum atomic E-state index is -2.35. The predicted molar refractivity (Wildman–Crippen MR) is 133 cm³/mol. The second kappa shape index (κ2) is 10.8. The fraction of sp³-hybridized carbons (Fsp3) is 0.346. The molecule has 11 heteroatoms. The summed E-state index contributed by atoms with van der Waals surface area (Å²) in [6.45, 7) is 4.36. The molecule has 1 fully saturated rings. The Morgan fingerprint density at radius 1 is 1.11 bits per heavy atom. The fourth-order valence-electron chi connectivity index (χ4n) is 4.32. The average molecular weight is 509 g/mol. The third kappa shape index (κ3) is 5.03. The maximum atomic E-state index is 14.2. The number of anilines is 1. The Hall–Kier alpha value is -4.25. The molecule has 194 valence electrons. The van der Waals surface area contributed by atoms with E-state index in [2.05, 4.69) is 0 Å². The van der Waals surface area contributed by atoms with Gasteiger partial charge in [0.25, 0.3) is 17.5 Å². The van der Waals surface area contributed by atoms with Gasteiger partial charge in [-0.2, -0.15) is 0 Å². The van der Waals surface area contributed by atoms with Crippen LogP contribution in [0.5, 0.6) is 0 Å². The van der Waals surface area contributed by atoms with Gasteiger partial charge in [-0.1, -0.05) is 31.5 Å². The molecule has 1 aliphatic rings. The van der Waals surface area contributed by atoms with Crippen molar-refractivity contribution in [1.29, 1.82) is 0 Å². The van der Waals surface area contributed by atoms with E-state index in [9.17, 15) is 34.1 Å². The number of piperidine rings is 1. The number of hydrogen-bond acceptors (Lipinski definition) is 8. The van der Waals surface area contributed by atoms with Crippen molar-refractivity contribution in [2.75, 3.05) is 4.90 Å². The molecule has 2 N–H and O–H groups in total. The van der Waals surface area contributed by atoms with Crippen molar-refractivity contribution < 1.29 is 28.9 Å². The highest BCUT2D eigenvalue weighted by atomic mass is 16.6. The second-order valence-electron chi connectivity index (χ2n) is 8.98. The van der Waals surface area contributed by atoms with E-state index in [1.165, 1.54) is 25.1 Å². The molecular weight excluding hydrogens is 480 g/mol. The van der Waals surface area contributed by atoms with Gasteiger partial charge in [0.15, 0.2) is 11.3 Å². The summed E-state index contributed by atoms with van der Waals surface area (Å²) < 4.78 is 0. The topological polar surface area (TPSA) is 161 Å². The van der Waals surface area contributed by atoms with E-state index in [4.69, 9.17) is 5.73 Å². The molecule has 2 atom stereocenters. The molecule has 4 amide bonds. The van der Waals surface area contributed by atoms with Crippen molar-refractivity contribution in [1.82, 2.24) is 4.90 Å². The quantitative estimate of drug-likeness (QED) is 0.258. The van der Waals surface area contributed by atoms with Gasteiger partial charge in [-0.3, -0.25) is 39.0 Å². The molecule has 11 nitrogen and oxygen atoms in total. The minimum absolute atomic E-state index is 0.0628. The molecule has 0 aromatic heterocycles. The number of ketones is 1. The van der Waals surface area contributed by atoms with E-state index in [-0.39, 0.29) is 29.8 Å². The van der Waals surface area contributed by atoms with Crippen LogP contribution in [-0.4, -0.2) is 50.8 Å². The molecule has 0 saturated carbocycles. The number of aryl methyl sites for hydroxylation is 1. The summed E-state index contributed by atoms with van der Waals surface area (Å²) in [7, 11) is 0. The van der Waals surface area contributed by atoms with E-state index >= 15 is 0 Å². The van der Waals surface area contributed by atoms with Crippen LogP contribution in [0.25, 0.3) is 0 Å². The lowest BCUT2D eigenvalue weighted by Gasteiger charge is -2.43. The summed E-state index contributed by atoms with van der Waals surface area (Å²) in [6, 6.07) is 10.1. The van der Waals surface area contributed by atoms with Gasteiger partial charge in [-0.15, -0.1) is 0 Å². The third-order valence-electron chi connectivity index (χ3n) is 6.32. The van der Waals surface area contributed by atoms with Crippen LogP contribution in [0.3, 0.4) is 0 Å². The Labute approximate surface area is 213 Å². The Morgan fingerprint density at radius 2 is 1.73 bits per heavy atom. The number of Topliss-reactive ketones (excluding diaryl/α,β-unsaturated/α-hetero) is 1. The molecule has 2 aromatic rings. The molecule has 3 rings (SSSR count). The van der Waals surface area contributed by atoms with Gasteiger partial charge >= 0.3 is 0 Å². The molecular formula is C26H28N4O7. The molecule has 0 radical (unpaired) electrons. The monoisotopic (exact) mass is 508 g/mol. The number of benzene rings is 2. The first-order valence-electron chi connectivity index (χ1n) is 11.8. The van der Waals surface area contributed by atoms with E-state index in [1.54, 1.807) is 18.2 Å². The highest BCUT2D eigenvalue weighted by Crippen LogP contribution is 2.32. The maximum Gasteiger partial charge on any atom is 0.269 e. The van der Waals surface area contributed by atoms with Gasteiger partial charge in [0.1, 0.15) is 0 Å². The van der Waals surface area contributed by atoms with Gasteiger partial charge in [-0.25, -0.2) is 4.90 Å². The number of hydrogen-bond donors (Lipinski definition) is 1. The number of nitrogens with zero attached hydrogens (tertiary/aromatic N) is 3. The smallest absolute Gasteiger partial charge is 0.269 e. The Bertz CT molecular complexity index is 1270. The lowest BCUT2D eigenvalue weighted by Crippen LogP contribution is -2.70. The Morgan fingerprint density at radius 3 is 2.30 bits per heavy atom. The van der Waals surface area contributed by atoms with E-state index in [1.807, 2.05) is 6.92 Å². The molecule has 0 unspecified atom stereocenters. The molecule has 1 heterocycles. The summed E-state index contributed by atoms with van der Waals surface area (Å²) in [5.41, 5.74) is 3.86. The predicted octanol–water partition coefficient (Wildman–Crippen LogP) is 2.54. The van der Waals surface area contributed by atoms with Crippen LogP contribution in [-0.2, 0) is 25.6 Å². The SMILES string of the molecule is CCCc1ccccc1C(=O)N(C(=O)[C@@]1(C)C(=O)CCC(=O)N1C(=O)[C@H](C)N)c1ccc([N+](=O)[O-])cc1. The lowest BCUT2D eigenvalue weighted by molar-refractivity contribution is -0.384. The molecule has 0 bridgehead atoms. The average Bonchev–Trinajstić information content (AvgIpc) is 2.87. The highest BCUT2D eigenvalue weighted by Gasteiger charge is 2.56. The molecule has 0 aliphatic carbocycles. The standard InChI is InChI=1S/C26H28N4O7/c1-4-7-17-8-5-6-9-20(17)24(34)28(18-10-12-19(13-11-18)30(36)37)25(35)26(3)21(31)14-15-22(32)29(26)23(33)16(2)27/h5-6,8-13,16H,4,7,14-15,27H2,1-3H3/t16-,26+/m0/s1. The Balaban J connectivity index is 2.23. The molecule has 1 aliphatic heterocycles. The largest absolute Gasteiger partial charge is 0.320 e. The first kappa shape index (κ1) is 27.3. The van der Waals surface area contributed by atoms with Crippen LogP contribution in [0.4, 0.5) is 11.4 Å². The van der Waals surface area contributed by atoms with Gasteiger partial charge in [0, 0.05) is 30.5 Å². The minimum Gasteiger partial charge on any atom is -0.320 e. The number of non-ortho nitro benzene ring substituents is 1. The van der Waals surface area contributed by atoms with Crippen molar-refractivity contribution in [2.45, 2.75) is 58.0 Å². The number of imide groups is 2. The van der Waals surface area contributed by atoms with Crippen LogP contribution in [0.15, 0.2) is 48.5 Å². The summed E-state index contributed by atoms with van der Waals surface area (Å²) in [4.78, 5) is 78.9. The van der Waals surface area contributed by atoms with Crippen LogP contribution < -0.4 is 10.6 Å². The summed E-state index contributed by atoms with van der Waals surface area (Å²) in [5, 5.41) is 11.2. The van der Waals surface area contributed by atoms with E-state index in [0.717, 1.165) is 19.1 Å². The first-order chi connectivity index (χ1) is 17.4. The van der Waals surface area contributed by atoms with Crippen LogP contribution in [0.1, 0.15) is 56.0 Å². The number of nitro groups is 1. The summed E-state index contributed by atoms with van der Waals surface area (Å²) in [6.07, 6.45) is 0.634. The highest BCUT2D eigenvalue weighted by molar-refractivity contribution is 6.31. The van der Waals surface area contributed by atoms with Crippen LogP contribution in [0, 0.1) is 10.1 Å². The number of rotatable bonds is 7. The van der Waals surface area contributed by atoms with Crippen LogP contribution >= 0.6 is 0 Å². The molecule has 0 spiro atoms. The van der Waals surface area contributed by atoms with Crippen molar-refractivity contribution in [2.24, 2.45) is 5.73 Å². The zero-order valence-electron chi connectivity index (χ0n) is 20.8. The van der Waals surface area contributed by atoms with Gasteiger partial charge < -0.3 is 5.73 Å². The van der Waals surface area contributed by atoms with Crippen molar-refractivity contribution in [3.8, 4) is 0 Å². The number of nitrogens with two attached hydrogens (primary N) is 1.